The summed E-state index contributed by atoms with van der Waals surface area (Å²) < 4.78 is 11.7. The predicted molar refractivity (Wildman–Crippen MR) is 136 cm³/mol. The van der Waals surface area contributed by atoms with E-state index in [0.29, 0.717) is 29.8 Å². The maximum absolute atomic E-state index is 12.7. The summed E-state index contributed by atoms with van der Waals surface area (Å²) >= 11 is 0. The van der Waals surface area contributed by atoms with E-state index in [1.54, 1.807) is 24.3 Å². The molecule has 3 aromatic rings. The zero-order valence-electron chi connectivity index (χ0n) is 20.4. The highest BCUT2D eigenvalue weighted by molar-refractivity contribution is 5.92. The Kier molecular flexibility index (Phi) is 9.45. The van der Waals surface area contributed by atoms with Crippen molar-refractivity contribution in [3.63, 3.8) is 0 Å². The number of hydrogen-bond donors (Lipinski definition) is 0. The maximum atomic E-state index is 12.7. The molecular formula is C30H34O4. The Morgan fingerprint density at radius 3 is 1.85 bits per heavy atom. The minimum Gasteiger partial charge on any atom is -0.489 e. The van der Waals surface area contributed by atoms with Gasteiger partial charge in [0.05, 0.1) is 11.1 Å². The van der Waals surface area contributed by atoms with Crippen molar-refractivity contribution in [2.75, 3.05) is 0 Å². The largest absolute Gasteiger partial charge is 0.489 e. The Hall–Kier alpha value is -3.40. The molecule has 4 nitrogen and oxygen atoms in total. The third-order valence-electron chi connectivity index (χ3n) is 5.73. The summed E-state index contributed by atoms with van der Waals surface area (Å²) in [6, 6.07) is 19.3. The molecule has 0 bridgehead atoms. The molecule has 0 aliphatic carbocycles. The standard InChI is InChI=1S/C30H34O4/c1-4-7-22-10-12-24(13-11-22)21-33-28-19-27(20-31)29(18-26(28)9-6-3)34-30(32)25-16-14-23(8-5-2)15-17-25/h10-20H,4-9,21H2,1-3H3. The first-order valence-corrected chi connectivity index (χ1v) is 12.2. The van der Waals surface area contributed by atoms with Crippen molar-refractivity contribution in [3.8, 4) is 11.5 Å². The minimum absolute atomic E-state index is 0.261. The second-order valence-corrected chi connectivity index (χ2v) is 8.56. The lowest BCUT2D eigenvalue weighted by molar-refractivity contribution is 0.0733. The van der Waals surface area contributed by atoms with E-state index < -0.39 is 5.97 Å². The lowest BCUT2D eigenvalue weighted by Gasteiger charge is -2.15. The van der Waals surface area contributed by atoms with Crippen LogP contribution in [0.1, 0.15) is 83.0 Å². The molecule has 0 saturated heterocycles. The van der Waals surface area contributed by atoms with E-state index in [-0.39, 0.29) is 5.75 Å². The molecule has 0 amide bonds. The predicted octanol–water partition coefficient (Wildman–Crippen LogP) is 7.15. The highest BCUT2D eigenvalue weighted by Crippen LogP contribution is 2.30. The van der Waals surface area contributed by atoms with Crippen molar-refractivity contribution in [3.05, 3.63) is 94.0 Å². The van der Waals surface area contributed by atoms with Crippen LogP contribution in [0.5, 0.6) is 11.5 Å². The average Bonchev–Trinajstić information content (AvgIpc) is 2.85. The topological polar surface area (TPSA) is 52.6 Å². The first-order chi connectivity index (χ1) is 16.6. The van der Waals surface area contributed by atoms with Gasteiger partial charge in [0.25, 0.3) is 0 Å². The Morgan fingerprint density at radius 2 is 1.29 bits per heavy atom. The number of rotatable bonds is 12. The summed E-state index contributed by atoms with van der Waals surface area (Å²) in [6.07, 6.45) is 6.55. The van der Waals surface area contributed by atoms with E-state index in [2.05, 4.69) is 45.0 Å². The highest BCUT2D eigenvalue weighted by Gasteiger charge is 2.16. The molecular weight excluding hydrogens is 424 g/mol. The number of esters is 1. The van der Waals surface area contributed by atoms with E-state index in [1.807, 2.05) is 12.1 Å². The summed E-state index contributed by atoms with van der Waals surface area (Å²) in [4.78, 5) is 24.5. The van der Waals surface area contributed by atoms with Crippen LogP contribution in [0.25, 0.3) is 0 Å². The summed E-state index contributed by atoms with van der Waals surface area (Å²) in [5, 5.41) is 0. The van der Waals surface area contributed by atoms with E-state index >= 15 is 0 Å². The molecule has 0 saturated carbocycles. The van der Waals surface area contributed by atoms with E-state index in [0.717, 1.165) is 49.7 Å². The van der Waals surface area contributed by atoms with E-state index in [1.165, 1.54) is 11.1 Å². The summed E-state index contributed by atoms with van der Waals surface area (Å²) in [5.74, 6) is 0.428. The number of carbonyl (C=O) groups excluding carboxylic acids is 2. The molecule has 0 unspecified atom stereocenters. The van der Waals surface area contributed by atoms with Crippen LogP contribution in [-0.4, -0.2) is 12.3 Å². The fourth-order valence-corrected chi connectivity index (χ4v) is 3.90. The monoisotopic (exact) mass is 458 g/mol. The van der Waals surface area contributed by atoms with Crippen molar-refractivity contribution >= 4 is 12.3 Å². The number of aryl methyl sites for hydroxylation is 3. The Balaban J connectivity index is 1.77. The van der Waals surface area contributed by atoms with Crippen LogP contribution in [0.4, 0.5) is 0 Å². The first-order valence-electron chi connectivity index (χ1n) is 12.2. The average molecular weight is 459 g/mol. The van der Waals surface area contributed by atoms with E-state index in [9.17, 15) is 9.59 Å². The Morgan fingerprint density at radius 1 is 0.735 bits per heavy atom. The SMILES string of the molecule is CCCc1ccc(COc2cc(C=O)c(OC(=O)c3ccc(CCC)cc3)cc2CCC)cc1. The highest BCUT2D eigenvalue weighted by atomic mass is 16.5. The molecule has 0 spiro atoms. The fourth-order valence-electron chi connectivity index (χ4n) is 3.90. The van der Waals surface area contributed by atoms with Gasteiger partial charge in [-0.1, -0.05) is 76.4 Å². The summed E-state index contributed by atoms with van der Waals surface area (Å²) in [5.41, 5.74) is 5.23. The van der Waals surface area contributed by atoms with Crippen LogP contribution in [0, 0.1) is 0 Å². The molecule has 0 aliphatic rings. The number of carbonyl (C=O) groups is 2. The number of benzene rings is 3. The molecule has 0 N–H and O–H groups in total. The molecule has 0 aliphatic heterocycles. The van der Waals surface area contributed by atoms with Crippen molar-refractivity contribution in [2.24, 2.45) is 0 Å². The minimum atomic E-state index is -0.477. The normalized spacial score (nSPS) is 10.7. The van der Waals surface area contributed by atoms with Crippen LogP contribution in [0.3, 0.4) is 0 Å². The molecule has 178 valence electrons. The molecule has 4 heteroatoms. The first kappa shape index (κ1) is 25.2. The summed E-state index contributed by atoms with van der Waals surface area (Å²) in [6.45, 7) is 6.77. The van der Waals surface area contributed by atoms with Gasteiger partial charge in [-0.2, -0.15) is 0 Å². The van der Waals surface area contributed by atoms with Crippen molar-refractivity contribution in [1.29, 1.82) is 0 Å². The zero-order valence-corrected chi connectivity index (χ0v) is 20.4. The molecule has 0 atom stereocenters. The number of ether oxygens (including phenoxy) is 2. The van der Waals surface area contributed by atoms with Gasteiger partial charge in [0, 0.05) is 0 Å². The lowest BCUT2D eigenvalue weighted by Crippen LogP contribution is -2.11. The quantitative estimate of drug-likeness (QED) is 0.164. The van der Waals surface area contributed by atoms with Crippen LogP contribution in [-0.2, 0) is 25.9 Å². The van der Waals surface area contributed by atoms with Crippen LogP contribution in [0.15, 0.2) is 60.7 Å². The maximum Gasteiger partial charge on any atom is 0.343 e. The third kappa shape index (κ3) is 6.80. The second kappa shape index (κ2) is 12.7. The van der Waals surface area contributed by atoms with Crippen molar-refractivity contribution in [1.82, 2.24) is 0 Å². The lowest BCUT2D eigenvalue weighted by atomic mass is 10.0. The molecule has 0 heterocycles. The van der Waals surface area contributed by atoms with Crippen molar-refractivity contribution in [2.45, 2.75) is 65.9 Å². The second-order valence-electron chi connectivity index (χ2n) is 8.56. The zero-order chi connectivity index (χ0) is 24.3. The van der Waals surface area contributed by atoms with Gasteiger partial charge in [0.15, 0.2) is 6.29 Å². The Bertz CT molecular complexity index is 1080. The van der Waals surface area contributed by atoms with Crippen molar-refractivity contribution < 1.29 is 19.1 Å². The third-order valence-corrected chi connectivity index (χ3v) is 5.73. The van der Waals surface area contributed by atoms with Gasteiger partial charge in [0.2, 0.25) is 0 Å². The smallest absolute Gasteiger partial charge is 0.343 e. The molecule has 3 aromatic carbocycles. The van der Waals surface area contributed by atoms with Gasteiger partial charge in [-0.05, 0) is 65.8 Å². The Labute approximate surface area is 202 Å². The van der Waals surface area contributed by atoms with Crippen LogP contribution in [0.2, 0.25) is 0 Å². The molecule has 0 fully saturated rings. The van der Waals surface area contributed by atoms with Crippen LogP contribution < -0.4 is 9.47 Å². The van der Waals surface area contributed by atoms with Gasteiger partial charge in [-0.15, -0.1) is 0 Å². The molecule has 0 radical (unpaired) electrons. The van der Waals surface area contributed by atoms with Gasteiger partial charge >= 0.3 is 5.97 Å². The molecule has 0 aromatic heterocycles. The van der Waals surface area contributed by atoms with Gasteiger partial charge < -0.3 is 9.47 Å². The van der Waals surface area contributed by atoms with Gasteiger partial charge in [0.1, 0.15) is 18.1 Å². The van der Waals surface area contributed by atoms with E-state index in [4.69, 9.17) is 9.47 Å². The number of aldehydes is 1. The number of hydrogen-bond acceptors (Lipinski definition) is 4. The van der Waals surface area contributed by atoms with Gasteiger partial charge in [-0.25, -0.2) is 4.79 Å². The summed E-state index contributed by atoms with van der Waals surface area (Å²) in [7, 11) is 0. The molecule has 3 rings (SSSR count). The van der Waals surface area contributed by atoms with Gasteiger partial charge in [-0.3, -0.25) is 4.79 Å². The van der Waals surface area contributed by atoms with Crippen LogP contribution >= 0.6 is 0 Å². The molecule has 34 heavy (non-hydrogen) atoms. The fraction of sp³-hybridized carbons (Fsp3) is 0.333.